The Morgan fingerprint density at radius 3 is 2.67 bits per heavy atom. The number of hydrogen-bond donors (Lipinski definition) is 1. The van der Waals surface area contributed by atoms with Crippen molar-refractivity contribution in [2.45, 2.75) is 38.2 Å². The van der Waals surface area contributed by atoms with E-state index < -0.39 is 0 Å². The summed E-state index contributed by atoms with van der Waals surface area (Å²) in [6, 6.07) is 6.53. The molecule has 0 heterocycles. The smallest absolute Gasteiger partial charge is 0.0597 e. The quantitative estimate of drug-likeness (QED) is 0.780. The van der Waals surface area contributed by atoms with Crippen molar-refractivity contribution in [2.24, 2.45) is 10.8 Å². The van der Waals surface area contributed by atoms with Gasteiger partial charge in [0.05, 0.1) is 6.10 Å². The van der Waals surface area contributed by atoms with E-state index in [4.69, 9.17) is 0 Å². The van der Waals surface area contributed by atoms with Gasteiger partial charge < -0.3 is 5.11 Å². The summed E-state index contributed by atoms with van der Waals surface area (Å²) in [6.07, 6.45) is 10.5. The van der Waals surface area contributed by atoms with E-state index in [0.717, 1.165) is 23.7 Å². The summed E-state index contributed by atoms with van der Waals surface area (Å²) in [5.74, 6) is 0. The molecule has 2 saturated carbocycles. The van der Waals surface area contributed by atoms with Crippen molar-refractivity contribution < 1.29 is 5.11 Å². The molecule has 2 fully saturated rings. The van der Waals surface area contributed by atoms with Crippen molar-refractivity contribution >= 4 is 28.1 Å². The normalized spacial score (nSPS) is 35.1. The Bertz CT molecular complexity index is 629. The molecule has 0 unspecified atom stereocenters. The fraction of sp³-hybridized carbons (Fsp3) is 0.500. The van der Waals surface area contributed by atoms with Crippen LogP contribution in [-0.4, -0.2) is 11.2 Å². The summed E-state index contributed by atoms with van der Waals surface area (Å²) in [6.45, 7) is 0. The van der Waals surface area contributed by atoms with Crippen LogP contribution in [0.2, 0.25) is 0 Å². The highest BCUT2D eigenvalue weighted by atomic mass is 79.9. The zero-order valence-electron chi connectivity index (χ0n) is 10.3. The second-order valence-corrected chi connectivity index (χ2v) is 7.30. The Morgan fingerprint density at radius 1 is 1.11 bits per heavy atom. The number of hydrogen-bond acceptors (Lipinski definition) is 1. The molecule has 0 aliphatic heterocycles. The van der Waals surface area contributed by atoms with Gasteiger partial charge in [-0.1, -0.05) is 34.1 Å². The van der Waals surface area contributed by atoms with E-state index in [9.17, 15) is 5.11 Å². The molecular formula is C16H17BrO. The fourth-order valence-electron chi connectivity index (χ4n) is 3.95. The van der Waals surface area contributed by atoms with Crippen LogP contribution < -0.4 is 10.4 Å². The predicted octanol–water partition coefficient (Wildman–Crippen LogP) is 2.34. The van der Waals surface area contributed by atoms with Crippen molar-refractivity contribution in [1.82, 2.24) is 0 Å². The van der Waals surface area contributed by atoms with Gasteiger partial charge in [0.15, 0.2) is 0 Å². The van der Waals surface area contributed by atoms with E-state index in [0.29, 0.717) is 0 Å². The summed E-state index contributed by atoms with van der Waals surface area (Å²) in [7, 11) is 0. The lowest BCUT2D eigenvalue weighted by atomic mass is 9.67. The molecule has 0 saturated heterocycles. The minimum atomic E-state index is -0.0552. The van der Waals surface area contributed by atoms with Gasteiger partial charge in [-0.05, 0) is 60.1 Å². The molecule has 1 aromatic carbocycles. The molecule has 0 amide bonds. The molecule has 0 bridgehead atoms. The highest BCUT2D eigenvalue weighted by Crippen LogP contribution is 2.62. The Labute approximate surface area is 115 Å². The zero-order valence-corrected chi connectivity index (χ0v) is 11.9. The molecular weight excluding hydrogens is 288 g/mol. The van der Waals surface area contributed by atoms with Crippen molar-refractivity contribution in [2.75, 3.05) is 0 Å². The SMILES string of the molecule is O[C@@H]1CC[C@]2(C=c3ccc(Br)cc3=C2)CC12CC2. The maximum absolute atomic E-state index is 10.2. The molecule has 0 aromatic heterocycles. The topological polar surface area (TPSA) is 20.2 Å². The lowest BCUT2D eigenvalue weighted by molar-refractivity contribution is 0.0319. The standard InChI is InChI=1S/C16H17BrO/c17-13-2-1-11-8-15(9-12(11)7-13)4-3-14(18)16(10-15)5-6-16/h1-2,7-9,14,18H,3-6,10H2/t14-,15-/m1/s1. The molecule has 18 heavy (non-hydrogen) atoms. The molecule has 3 aliphatic carbocycles. The van der Waals surface area contributed by atoms with Crippen LogP contribution in [0.5, 0.6) is 0 Å². The highest BCUT2D eigenvalue weighted by molar-refractivity contribution is 9.10. The first-order valence-corrected chi connectivity index (χ1v) is 7.60. The van der Waals surface area contributed by atoms with E-state index >= 15 is 0 Å². The lowest BCUT2D eigenvalue weighted by Crippen LogP contribution is -2.35. The maximum Gasteiger partial charge on any atom is 0.0597 e. The molecule has 1 N–H and O–H groups in total. The summed E-state index contributed by atoms with van der Waals surface area (Å²) in [5, 5.41) is 12.9. The Hall–Kier alpha value is -0.600. The van der Waals surface area contributed by atoms with Crippen LogP contribution in [0.25, 0.3) is 12.2 Å². The molecule has 3 aliphatic rings. The number of aliphatic hydroxyl groups excluding tert-OH is 1. The van der Waals surface area contributed by atoms with Gasteiger partial charge >= 0.3 is 0 Å². The molecule has 1 nitrogen and oxygen atoms in total. The summed E-state index contributed by atoms with van der Waals surface area (Å²) >= 11 is 3.55. The van der Waals surface area contributed by atoms with Gasteiger partial charge in [0.1, 0.15) is 0 Å². The van der Waals surface area contributed by atoms with Crippen LogP contribution in [-0.2, 0) is 0 Å². The lowest BCUT2D eigenvalue weighted by Gasteiger charge is -2.39. The Kier molecular flexibility index (Phi) is 2.18. The number of rotatable bonds is 0. The van der Waals surface area contributed by atoms with Gasteiger partial charge in [-0.3, -0.25) is 0 Å². The summed E-state index contributed by atoms with van der Waals surface area (Å²) in [5.41, 5.74) is 0.476. The molecule has 4 rings (SSSR count). The molecule has 0 radical (unpaired) electrons. The third kappa shape index (κ3) is 1.55. The second kappa shape index (κ2) is 3.49. The monoisotopic (exact) mass is 304 g/mol. The van der Waals surface area contributed by atoms with E-state index in [1.807, 2.05) is 0 Å². The van der Waals surface area contributed by atoms with E-state index in [1.165, 1.54) is 23.3 Å². The minimum Gasteiger partial charge on any atom is -0.393 e. The molecule has 2 spiro atoms. The van der Waals surface area contributed by atoms with E-state index in [2.05, 4.69) is 46.3 Å². The minimum absolute atomic E-state index is 0.0552. The van der Waals surface area contributed by atoms with Crippen LogP contribution in [0, 0.1) is 10.8 Å². The summed E-state index contributed by atoms with van der Waals surface area (Å²) in [4.78, 5) is 0. The van der Waals surface area contributed by atoms with Crippen LogP contribution in [0.3, 0.4) is 0 Å². The van der Waals surface area contributed by atoms with Crippen LogP contribution >= 0.6 is 15.9 Å². The first-order valence-electron chi connectivity index (χ1n) is 6.80. The number of benzene rings is 1. The van der Waals surface area contributed by atoms with Crippen LogP contribution in [0.4, 0.5) is 0 Å². The highest BCUT2D eigenvalue weighted by Gasteiger charge is 2.55. The van der Waals surface area contributed by atoms with Gasteiger partial charge in [-0.25, -0.2) is 0 Å². The molecule has 2 atom stereocenters. The first-order chi connectivity index (χ1) is 8.61. The largest absolute Gasteiger partial charge is 0.393 e. The van der Waals surface area contributed by atoms with Gasteiger partial charge in [0, 0.05) is 9.89 Å². The van der Waals surface area contributed by atoms with Gasteiger partial charge in [0.2, 0.25) is 0 Å². The van der Waals surface area contributed by atoms with Gasteiger partial charge in [-0.2, -0.15) is 0 Å². The Balaban J connectivity index is 1.79. The zero-order chi connectivity index (χ0) is 12.4. The van der Waals surface area contributed by atoms with E-state index in [1.54, 1.807) is 0 Å². The second-order valence-electron chi connectivity index (χ2n) is 6.39. The predicted molar refractivity (Wildman–Crippen MR) is 76.3 cm³/mol. The third-order valence-electron chi connectivity index (χ3n) is 5.10. The average Bonchev–Trinajstić information content (AvgIpc) is 3.00. The van der Waals surface area contributed by atoms with Crippen molar-refractivity contribution in [1.29, 1.82) is 0 Å². The number of fused-ring (bicyclic) bond motifs is 1. The summed E-state index contributed by atoms with van der Waals surface area (Å²) < 4.78 is 1.15. The van der Waals surface area contributed by atoms with Crippen molar-refractivity contribution in [3.8, 4) is 0 Å². The fourth-order valence-corrected chi connectivity index (χ4v) is 4.33. The van der Waals surface area contributed by atoms with Crippen LogP contribution in [0.1, 0.15) is 32.1 Å². The first kappa shape index (κ1) is 11.2. The molecule has 2 heteroatoms. The van der Waals surface area contributed by atoms with Gasteiger partial charge in [0.25, 0.3) is 0 Å². The molecule has 1 aromatic rings. The van der Waals surface area contributed by atoms with Crippen LogP contribution in [0.15, 0.2) is 22.7 Å². The van der Waals surface area contributed by atoms with Gasteiger partial charge in [-0.15, -0.1) is 0 Å². The van der Waals surface area contributed by atoms with E-state index in [-0.39, 0.29) is 16.9 Å². The van der Waals surface area contributed by atoms with Crippen molar-refractivity contribution in [3.63, 3.8) is 0 Å². The number of aliphatic hydroxyl groups is 1. The molecule has 94 valence electrons. The average molecular weight is 305 g/mol. The third-order valence-corrected chi connectivity index (χ3v) is 5.59. The number of halogens is 1. The maximum atomic E-state index is 10.2. The van der Waals surface area contributed by atoms with Crippen molar-refractivity contribution in [3.05, 3.63) is 33.1 Å². The Morgan fingerprint density at radius 2 is 1.89 bits per heavy atom.